The van der Waals surface area contributed by atoms with E-state index in [2.05, 4.69) is 21.3 Å². The molecule has 0 aromatic heterocycles. The van der Waals surface area contributed by atoms with Gasteiger partial charge in [0, 0.05) is 38.2 Å². The highest BCUT2D eigenvalue weighted by atomic mass is 32.1. The van der Waals surface area contributed by atoms with Gasteiger partial charge in [0.2, 0.25) is 12.3 Å². The van der Waals surface area contributed by atoms with Gasteiger partial charge >= 0.3 is 5.97 Å². The van der Waals surface area contributed by atoms with Gasteiger partial charge in [-0.15, -0.1) is 0 Å². The summed E-state index contributed by atoms with van der Waals surface area (Å²) in [6.07, 6.45) is 2.30. The number of aliphatic carboxylic acids is 1. The number of hydrogen-bond donors (Lipinski definition) is 6. The predicted molar refractivity (Wildman–Crippen MR) is 168 cm³/mol. The lowest BCUT2D eigenvalue weighted by molar-refractivity contribution is -0.137. The van der Waals surface area contributed by atoms with E-state index in [0.29, 0.717) is 25.8 Å². The van der Waals surface area contributed by atoms with E-state index in [-0.39, 0.29) is 29.9 Å². The Bertz CT molecular complexity index is 1020. The number of carboxylic acid groups (broad SMARTS) is 1. The van der Waals surface area contributed by atoms with Gasteiger partial charge in [-0.25, -0.2) is 0 Å². The molecule has 0 fully saturated rings. The Kier molecular flexibility index (Phi) is 24.1. The summed E-state index contributed by atoms with van der Waals surface area (Å²) in [6.45, 7) is 10.4. The Labute approximate surface area is 249 Å². The van der Waals surface area contributed by atoms with Crippen LogP contribution in [0.15, 0.2) is 48.5 Å². The lowest BCUT2D eigenvalue weighted by Crippen LogP contribution is -2.50. The topological polar surface area (TPSA) is 157 Å². The number of aliphatic hydroxyl groups excluding tert-OH is 1. The molecule has 2 atom stereocenters. The second kappa shape index (κ2) is 25.2. The van der Waals surface area contributed by atoms with Gasteiger partial charge in [0.1, 0.15) is 12.3 Å². The van der Waals surface area contributed by atoms with Gasteiger partial charge in [-0.1, -0.05) is 61.4 Å². The third-order valence-corrected chi connectivity index (χ3v) is 5.41. The maximum atomic E-state index is 12.4. The second-order valence-corrected chi connectivity index (χ2v) is 9.00. The standard InChI is InChI=1S/C18H25N3O4S.C9H11NO.C2H6.CH4O/c1-12-5-7-14(8-6-12)20-18(26)21-15(9-10-16(23)24)17(25)19-13(2)4-3-11-22;1-8-2-4-9(5-3-8)6-10-7-11;2*1-2/h5-8,11,13,15H,3-4,9-10H2,1-2H3,(H,19,25)(H,23,24)(H2,20,21,26);2-5,7H,6H2,1H3,(H,10,11);1-2H3;2H,1H3. The number of carboxylic acids is 1. The molecule has 0 radical (unpaired) electrons. The van der Waals surface area contributed by atoms with Crippen LogP contribution in [0.5, 0.6) is 0 Å². The Morgan fingerprint density at radius 2 is 1.44 bits per heavy atom. The third-order valence-electron chi connectivity index (χ3n) is 5.19. The second-order valence-electron chi connectivity index (χ2n) is 8.59. The summed E-state index contributed by atoms with van der Waals surface area (Å²) in [5.74, 6) is -1.34. The van der Waals surface area contributed by atoms with Crippen LogP contribution in [0.3, 0.4) is 0 Å². The number of anilines is 1. The Morgan fingerprint density at radius 1 is 0.902 bits per heavy atom. The normalized spacial score (nSPS) is 10.7. The van der Waals surface area contributed by atoms with E-state index in [1.165, 1.54) is 5.56 Å². The fourth-order valence-corrected chi connectivity index (χ4v) is 3.36. The summed E-state index contributed by atoms with van der Waals surface area (Å²) in [6, 6.07) is 14.7. The first-order valence-electron chi connectivity index (χ1n) is 13.4. The number of amides is 2. The maximum absolute atomic E-state index is 12.4. The van der Waals surface area contributed by atoms with Crippen molar-refractivity contribution in [3.8, 4) is 0 Å². The van der Waals surface area contributed by atoms with Crippen molar-refractivity contribution < 1.29 is 29.4 Å². The van der Waals surface area contributed by atoms with Crippen LogP contribution in [-0.4, -0.2) is 59.1 Å². The average molecular weight is 591 g/mol. The number of benzene rings is 2. The molecule has 10 nitrogen and oxygen atoms in total. The molecule has 11 heteroatoms. The zero-order chi connectivity index (χ0) is 31.6. The van der Waals surface area contributed by atoms with Crippen LogP contribution in [0, 0.1) is 13.8 Å². The molecule has 0 bridgehead atoms. The van der Waals surface area contributed by atoms with E-state index in [0.717, 1.165) is 30.2 Å². The van der Waals surface area contributed by atoms with Crippen molar-refractivity contribution >= 4 is 47.6 Å². The summed E-state index contributed by atoms with van der Waals surface area (Å²) >= 11 is 5.23. The van der Waals surface area contributed by atoms with Crippen molar-refractivity contribution in [3.05, 3.63) is 65.2 Å². The molecule has 0 aliphatic heterocycles. The van der Waals surface area contributed by atoms with Crippen LogP contribution < -0.4 is 21.3 Å². The fraction of sp³-hybridized carbons (Fsp3) is 0.433. The van der Waals surface area contributed by atoms with Crippen molar-refractivity contribution in [3.63, 3.8) is 0 Å². The number of carbonyl (C=O) groups excluding carboxylic acids is 3. The largest absolute Gasteiger partial charge is 0.481 e. The molecule has 0 saturated carbocycles. The van der Waals surface area contributed by atoms with Crippen molar-refractivity contribution in [2.45, 2.75) is 78.9 Å². The molecule has 2 aromatic carbocycles. The highest BCUT2D eigenvalue weighted by Gasteiger charge is 2.22. The minimum Gasteiger partial charge on any atom is -0.481 e. The van der Waals surface area contributed by atoms with E-state index in [4.69, 9.17) is 22.4 Å². The molecule has 0 saturated heterocycles. The van der Waals surface area contributed by atoms with Crippen molar-refractivity contribution in [1.82, 2.24) is 16.0 Å². The average Bonchev–Trinajstić information content (AvgIpc) is 2.97. The van der Waals surface area contributed by atoms with E-state index >= 15 is 0 Å². The Hall–Kier alpha value is -3.83. The SMILES string of the molecule is CC.CO.Cc1ccc(CNC=O)cc1.Cc1ccc(NC(=S)NC(CCC(=O)O)C(=O)NC(C)CCC=O)cc1. The molecular weight excluding hydrogens is 544 g/mol. The van der Waals surface area contributed by atoms with Gasteiger partial charge in [0.25, 0.3) is 0 Å². The Morgan fingerprint density at radius 3 is 1.93 bits per heavy atom. The van der Waals surface area contributed by atoms with Crippen molar-refractivity contribution in [2.24, 2.45) is 0 Å². The number of aldehydes is 1. The zero-order valence-corrected chi connectivity index (χ0v) is 25.7. The molecule has 2 aromatic rings. The summed E-state index contributed by atoms with van der Waals surface area (Å²) in [7, 11) is 1.00. The summed E-state index contributed by atoms with van der Waals surface area (Å²) in [5.41, 5.74) is 4.24. The number of hydrogen-bond acceptors (Lipinski definition) is 6. The minimum atomic E-state index is -0.990. The first-order chi connectivity index (χ1) is 19.6. The van der Waals surface area contributed by atoms with Gasteiger partial charge in [-0.3, -0.25) is 14.4 Å². The summed E-state index contributed by atoms with van der Waals surface area (Å²) < 4.78 is 0. The lowest BCUT2D eigenvalue weighted by Gasteiger charge is -2.22. The fourth-order valence-electron chi connectivity index (χ4n) is 3.10. The number of carbonyl (C=O) groups is 4. The van der Waals surface area contributed by atoms with E-state index in [1.807, 2.05) is 76.2 Å². The molecule has 0 aliphatic rings. The summed E-state index contributed by atoms with van der Waals surface area (Å²) in [4.78, 5) is 43.6. The number of nitrogens with one attached hydrogen (secondary N) is 4. The molecule has 0 aliphatic carbocycles. The van der Waals surface area contributed by atoms with Crippen LogP contribution in [0.4, 0.5) is 5.69 Å². The first kappa shape index (κ1) is 39.3. The molecule has 0 spiro atoms. The van der Waals surface area contributed by atoms with Crippen LogP contribution in [0.1, 0.15) is 63.1 Å². The maximum Gasteiger partial charge on any atom is 0.303 e. The number of thiocarbonyl (C=S) groups is 1. The molecule has 2 amide bonds. The van der Waals surface area contributed by atoms with E-state index in [9.17, 15) is 19.2 Å². The van der Waals surface area contributed by atoms with Crippen molar-refractivity contribution in [2.75, 3.05) is 12.4 Å². The molecular formula is C30H46N4O6S. The van der Waals surface area contributed by atoms with Gasteiger partial charge in [0.15, 0.2) is 5.11 Å². The highest BCUT2D eigenvalue weighted by Crippen LogP contribution is 2.09. The number of rotatable bonds is 13. The molecule has 228 valence electrons. The van der Waals surface area contributed by atoms with Crippen LogP contribution in [-0.2, 0) is 25.7 Å². The molecule has 2 rings (SSSR count). The molecule has 0 heterocycles. The Balaban J connectivity index is 0. The van der Waals surface area contributed by atoms with Crippen LogP contribution in [0.25, 0.3) is 0 Å². The third kappa shape index (κ3) is 20.7. The van der Waals surface area contributed by atoms with Gasteiger partial charge in [-0.2, -0.15) is 0 Å². The summed E-state index contributed by atoms with van der Waals surface area (Å²) in [5, 5.41) is 27.4. The zero-order valence-electron chi connectivity index (χ0n) is 24.9. The van der Waals surface area contributed by atoms with Gasteiger partial charge in [0.05, 0.1) is 0 Å². The number of aliphatic hydroxyl groups is 1. The quantitative estimate of drug-likeness (QED) is 0.151. The number of aryl methyl sites for hydroxylation is 2. The smallest absolute Gasteiger partial charge is 0.303 e. The molecule has 41 heavy (non-hydrogen) atoms. The monoisotopic (exact) mass is 590 g/mol. The van der Waals surface area contributed by atoms with E-state index < -0.39 is 12.0 Å². The lowest BCUT2D eigenvalue weighted by atomic mass is 10.1. The van der Waals surface area contributed by atoms with Crippen molar-refractivity contribution in [1.29, 1.82) is 0 Å². The molecule has 2 unspecified atom stereocenters. The predicted octanol–water partition coefficient (Wildman–Crippen LogP) is 3.87. The molecule has 6 N–H and O–H groups in total. The van der Waals surface area contributed by atoms with Crippen LogP contribution in [0.2, 0.25) is 0 Å². The highest BCUT2D eigenvalue weighted by molar-refractivity contribution is 7.80. The van der Waals surface area contributed by atoms with Gasteiger partial charge in [-0.05, 0) is 63.5 Å². The van der Waals surface area contributed by atoms with E-state index in [1.54, 1.807) is 6.92 Å². The first-order valence-corrected chi connectivity index (χ1v) is 13.8. The van der Waals surface area contributed by atoms with Crippen LogP contribution >= 0.6 is 12.2 Å². The minimum absolute atomic E-state index is 0.0945. The van der Waals surface area contributed by atoms with Gasteiger partial charge < -0.3 is 36.3 Å².